The lowest BCUT2D eigenvalue weighted by atomic mass is 10.2. The average Bonchev–Trinajstić information content (AvgIpc) is 2.38. The van der Waals surface area contributed by atoms with Gasteiger partial charge in [0, 0.05) is 13.6 Å². The first-order valence-corrected chi connectivity index (χ1v) is 7.40. The van der Waals surface area contributed by atoms with Gasteiger partial charge in [-0.1, -0.05) is 0 Å². The van der Waals surface area contributed by atoms with E-state index in [0.29, 0.717) is 18.7 Å². The van der Waals surface area contributed by atoms with Gasteiger partial charge in [0.2, 0.25) is 10.0 Å². The van der Waals surface area contributed by atoms with Crippen LogP contribution >= 0.6 is 0 Å². The van der Waals surface area contributed by atoms with Crippen LogP contribution in [0.1, 0.15) is 19.4 Å². The monoisotopic (exact) mass is 282 g/mol. The summed E-state index contributed by atoms with van der Waals surface area (Å²) in [6.45, 7) is 4.44. The maximum Gasteiger partial charge on any atom is 0.242 e. The van der Waals surface area contributed by atoms with E-state index in [4.69, 9.17) is 10.00 Å². The van der Waals surface area contributed by atoms with Crippen molar-refractivity contribution in [2.45, 2.75) is 24.8 Å². The Hall–Kier alpha value is -1.42. The summed E-state index contributed by atoms with van der Waals surface area (Å²) < 4.78 is 31.0. The zero-order chi connectivity index (χ0) is 14.5. The fraction of sp³-hybridized carbons (Fsp3) is 0.462. The number of nitriles is 1. The Balaban J connectivity index is 2.76. The SMILES string of the molecule is CC(C)OCCN(C)S(=O)(=O)c1ccc(C#N)cc1. The molecule has 0 unspecified atom stereocenters. The third kappa shape index (κ3) is 4.31. The number of sulfonamides is 1. The molecule has 6 heteroatoms. The Morgan fingerprint density at radius 2 is 1.89 bits per heavy atom. The Kier molecular flexibility index (Phi) is 5.48. The van der Waals surface area contributed by atoms with E-state index in [-0.39, 0.29) is 11.0 Å². The molecule has 0 saturated carbocycles. The second-order valence-electron chi connectivity index (χ2n) is 4.38. The van der Waals surface area contributed by atoms with Crippen LogP contribution in [0.2, 0.25) is 0 Å². The van der Waals surface area contributed by atoms with E-state index < -0.39 is 10.0 Å². The Bertz CT molecular complexity index is 544. The molecule has 0 fully saturated rings. The van der Waals surface area contributed by atoms with Gasteiger partial charge in [0.15, 0.2) is 0 Å². The minimum absolute atomic E-state index is 0.0750. The lowest BCUT2D eigenvalue weighted by Gasteiger charge is -2.18. The molecule has 0 aliphatic carbocycles. The molecule has 0 atom stereocenters. The van der Waals surface area contributed by atoms with Gasteiger partial charge < -0.3 is 4.74 Å². The molecule has 0 bridgehead atoms. The molecule has 104 valence electrons. The minimum atomic E-state index is -3.52. The second-order valence-corrected chi connectivity index (χ2v) is 6.43. The molecular weight excluding hydrogens is 264 g/mol. The van der Waals surface area contributed by atoms with Crippen LogP contribution < -0.4 is 0 Å². The van der Waals surface area contributed by atoms with Gasteiger partial charge in [0.05, 0.1) is 29.2 Å². The van der Waals surface area contributed by atoms with E-state index in [1.807, 2.05) is 19.9 Å². The molecule has 0 saturated heterocycles. The molecule has 0 aliphatic rings. The van der Waals surface area contributed by atoms with Crippen LogP contribution in [0, 0.1) is 11.3 Å². The Labute approximate surface area is 114 Å². The van der Waals surface area contributed by atoms with E-state index >= 15 is 0 Å². The molecule has 0 aromatic heterocycles. The molecule has 5 nitrogen and oxygen atoms in total. The van der Waals surface area contributed by atoms with Crippen LogP contribution in [0.15, 0.2) is 29.2 Å². The first-order chi connectivity index (χ1) is 8.87. The summed E-state index contributed by atoms with van der Waals surface area (Å²) in [6.07, 6.45) is 0.0750. The largest absolute Gasteiger partial charge is 0.377 e. The van der Waals surface area contributed by atoms with Crippen molar-refractivity contribution in [3.05, 3.63) is 29.8 Å². The van der Waals surface area contributed by atoms with Crippen LogP contribution in [-0.2, 0) is 14.8 Å². The van der Waals surface area contributed by atoms with Gasteiger partial charge in [-0.05, 0) is 38.1 Å². The number of benzene rings is 1. The van der Waals surface area contributed by atoms with Crippen LogP contribution in [0.5, 0.6) is 0 Å². The molecule has 19 heavy (non-hydrogen) atoms. The van der Waals surface area contributed by atoms with Gasteiger partial charge in [0.25, 0.3) is 0 Å². The van der Waals surface area contributed by atoms with Gasteiger partial charge in [-0.25, -0.2) is 8.42 Å². The predicted molar refractivity (Wildman–Crippen MR) is 72.1 cm³/mol. The number of likely N-dealkylation sites (N-methyl/N-ethyl adjacent to an activating group) is 1. The summed E-state index contributed by atoms with van der Waals surface area (Å²) in [5, 5.41) is 8.68. The van der Waals surface area contributed by atoms with Gasteiger partial charge in [0.1, 0.15) is 0 Å². The zero-order valence-corrected chi connectivity index (χ0v) is 12.1. The molecule has 1 aromatic rings. The average molecular weight is 282 g/mol. The first-order valence-electron chi connectivity index (χ1n) is 5.96. The standard InChI is InChI=1S/C13H18N2O3S/c1-11(2)18-9-8-15(3)19(16,17)13-6-4-12(10-14)5-7-13/h4-7,11H,8-9H2,1-3H3. The molecule has 1 aromatic carbocycles. The molecule has 1 rings (SSSR count). The number of rotatable bonds is 6. The van der Waals surface area contributed by atoms with Crippen molar-refractivity contribution in [1.29, 1.82) is 5.26 Å². The molecule has 0 heterocycles. The fourth-order valence-corrected chi connectivity index (χ4v) is 2.57. The fourth-order valence-electron chi connectivity index (χ4n) is 1.42. The highest BCUT2D eigenvalue weighted by Crippen LogP contribution is 2.14. The normalized spacial score (nSPS) is 11.8. The maximum absolute atomic E-state index is 12.2. The van der Waals surface area contributed by atoms with Gasteiger partial charge in [-0.3, -0.25) is 0 Å². The zero-order valence-electron chi connectivity index (χ0n) is 11.3. The first kappa shape index (κ1) is 15.6. The molecule has 0 N–H and O–H groups in total. The van der Waals surface area contributed by atoms with Crippen molar-refractivity contribution >= 4 is 10.0 Å². The quantitative estimate of drug-likeness (QED) is 0.794. The smallest absolute Gasteiger partial charge is 0.242 e. The summed E-state index contributed by atoms with van der Waals surface area (Å²) in [5.41, 5.74) is 0.435. The van der Waals surface area contributed by atoms with Crippen molar-refractivity contribution < 1.29 is 13.2 Å². The number of hydrogen-bond donors (Lipinski definition) is 0. The van der Waals surface area contributed by atoms with Crippen molar-refractivity contribution in [3.63, 3.8) is 0 Å². The summed E-state index contributed by atoms with van der Waals surface area (Å²) in [7, 11) is -2.01. The third-order valence-electron chi connectivity index (χ3n) is 2.55. The summed E-state index contributed by atoms with van der Waals surface area (Å²) in [4.78, 5) is 0.179. The lowest BCUT2D eigenvalue weighted by molar-refractivity contribution is 0.0737. The Morgan fingerprint density at radius 3 is 2.37 bits per heavy atom. The highest BCUT2D eigenvalue weighted by Gasteiger charge is 2.20. The van der Waals surface area contributed by atoms with Crippen molar-refractivity contribution in [2.75, 3.05) is 20.2 Å². The van der Waals surface area contributed by atoms with Gasteiger partial charge in [-0.2, -0.15) is 9.57 Å². The molecule has 0 radical (unpaired) electrons. The topological polar surface area (TPSA) is 70.4 Å². The second kappa shape index (κ2) is 6.66. The summed E-state index contributed by atoms with van der Waals surface area (Å²) >= 11 is 0. The van der Waals surface area contributed by atoms with Crippen molar-refractivity contribution in [3.8, 4) is 6.07 Å². The van der Waals surface area contributed by atoms with Crippen molar-refractivity contribution in [2.24, 2.45) is 0 Å². The molecule has 0 aliphatic heterocycles. The van der Waals surface area contributed by atoms with Crippen LogP contribution in [-0.4, -0.2) is 39.0 Å². The number of ether oxygens (including phenoxy) is 1. The Morgan fingerprint density at radius 1 is 1.32 bits per heavy atom. The van der Waals surface area contributed by atoms with E-state index in [1.165, 1.54) is 35.6 Å². The molecular formula is C13H18N2O3S. The third-order valence-corrected chi connectivity index (χ3v) is 4.42. The number of nitrogens with zero attached hydrogens (tertiary/aromatic N) is 2. The van der Waals surface area contributed by atoms with E-state index in [9.17, 15) is 8.42 Å². The molecule has 0 spiro atoms. The minimum Gasteiger partial charge on any atom is -0.377 e. The van der Waals surface area contributed by atoms with Gasteiger partial charge in [-0.15, -0.1) is 0 Å². The lowest BCUT2D eigenvalue weighted by Crippen LogP contribution is -2.30. The number of hydrogen-bond acceptors (Lipinski definition) is 4. The molecule has 0 amide bonds. The highest BCUT2D eigenvalue weighted by molar-refractivity contribution is 7.89. The summed E-state index contributed by atoms with van der Waals surface area (Å²) in [5.74, 6) is 0. The van der Waals surface area contributed by atoms with Crippen molar-refractivity contribution in [1.82, 2.24) is 4.31 Å². The van der Waals surface area contributed by atoms with Crippen LogP contribution in [0.25, 0.3) is 0 Å². The van der Waals surface area contributed by atoms with Gasteiger partial charge >= 0.3 is 0 Å². The van der Waals surface area contributed by atoms with Crippen LogP contribution in [0.3, 0.4) is 0 Å². The van der Waals surface area contributed by atoms with E-state index in [0.717, 1.165) is 0 Å². The van der Waals surface area contributed by atoms with E-state index in [2.05, 4.69) is 0 Å². The summed E-state index contributed by atoms with van der Waals surface area (Å²) in [6, 6.07) is 7.81. The predicted octanol–water partition coefficient (Wildman–Crippen LogP) is 1.60. The maximum atomic E-state index is 12.2. The van der Waals surface area contributed by atoms with Crippen LogP contribution in [0.4, 0.5) is 0 Å². The van der Waals surface area contributed by atoms with E-state index in [1.54, 1.807) is 0 Å². The highest BCUT2D eigenvalue weighted by atomic mass is 32.2.